The van der Waals surface area contributed by atoms with Gasteiger partial charge in [0.1, 0.15) is 5.75 Å². The van der Waals surface area contributed by atoms with Crippen molar-refractivity contribution in [3.63, 3.8) is 0 Å². The van der Waals surface area contributed by atoms with E-state index >= 15 is 0 Å². The Hall–Kier alpha value is -1.76. The van der Waals surface area contributed by atoms with E-state index in [1.807, 2.05) is 0 Å². The van der Waals surface area contributed by atoms with Crippen LogP contribution in [-0.2, 0) is 14.8 Å². The van der Waals surface area contributed by atoms with Gasteiger partial charge in [-0.2, -0.15) is 0 Å². The van der Waals surface area contributed by atoms with Gasteiger partial charge < -0.3 is 10.1 Å². The predicted molar refractivity (Wildman–Crippen MR) is 89.0 cm³/mol. The Bertz CT molecular complexity index is 717. The van der Waals surface area contributed by atoms with Crippen molar-refractivity contribution in [1.82, 2.24) is 0 Å². The summed E-state index contributed by atoms with van der Waals surface area (Å²) in [5, 5.41) is 2.94. The molecule has 3 rings (SSSR count). The van der Waals surface area contributed by atoms with Gasteiger partial charge in [-0.05, 0) is 43.2 Å². The summed E-state index contributed by atoms with van der Waals surface area (Å²) < 4.78 is 30.3. The largest absolute Gasteiger partial charge is 0.494 e. The highest BCUT2D eigenvalue weighted by atomic mass is 32.2. The first-order valence-corrected chi connectivity index (χ1v) is 9.71. The van der Waals surface area contributed by atoms with Gasteiger partial charge in [-0.25, -0.2) is 8.42 Å². The van der Waals surface area contributed by atoms with Crippen LogP contribution < -0.4 is 14.8 Å². The smallest absolute Gasteiger partial charge is 0.229 e. The lowest BCUT2D eigenvalue weighted by molar-refractivity contribution is -0.121. The number of hydrogen-bond donors (Lipinski definition) is 2. The molecule has 126 valence electrons. The molecule has 0 aromatic heterocycles. The number of sulfonamides is 1. The number of ether oxygens (including phenoxy) is 1. The average molecular weight is 338 g/mol. The fourth-order valence-electron chi connectivity index (χ4n) is 3.85. The third kappa shape index (κ3) is 3.60. The van der Waals surface area contributed by atoms with Crippen molar-refractivity contribution < 1.29 is 17.9 Å². The van der Waals surface area contributed by atoms with Crippen LogP contribution in [0.2, 0.25) is 0 Å². The van der Waals surface area contributed by atoms with Crippen LogP contribution in [0.15, 0.2) is 18.2 Å². The van der Waals surface area contributed by atoms with E-state index in [-0.39, 0.29) is 11.8 Å². The van der Waals surface area contributed by atoms with Crippen LogP contribution in [-0.4, -0.2) is 27.7 Å². The molecule has 23 heavy (non-hydrogen) atoms. The maximum absolute atomic E-state index is 12.5. The Morgan fingerprint density at radius 3 is 2.61 bits per heavy atom. The van der Waals surface area contributed by atoms with E-state index in [0.717, 1.165) is 19.1 Å². The van der Waals surface area contributed by atoms with Gasteiger partial charge in [-0.3, -0.25) is 9.52 Å². The van der Waals surface area contributed by atoms with Crippen molar-refractivity contribution >= 4 is 27.3 Å². The van der Waals surface area contributed by atoms with E-state index in [9.17, 15) is 13.2 Å². The molecule has 7 heteroatoms. The molecular weight excluding hydrogens is 316 g/mol. The van der Waals surface area contributed by atoms with E-state index in [0.29, 0.717) is 29.0 Å². The van der Waals surface area contributed by atoms with Gasteiger partial charge in [0.2, 0.25) is 15.9 Å². The summed E-state index contributed by atoms with van der Waals surface area (Å²) in [5.74, 6) is 1.78. The monoisotopic (exact) mass is 338 g/mol. The van der Waals surface area contributed by atoms with E-state index in [2.05, 4.69) is 10.0 Å². The third-order valence-electron chi connectivity index (χ3n) is 4.84. The summed E-state index contributed by atoms with van der Waals surface area (Å²) in [4.78, 5) is 12.5. The molecule has 0 saturated heterocycles. The molecule has 2 aliphatic rings. The molecule has 2 aliphatic carbocycles. The molecule has 1 aromatic rings. The SMILES string of the molecule is COc1cc(NC(=O)C2CC3CCC2C3)ccc1NS(C)(=O)=O. The number of hydrogen-bond acceptors (Lipinski definition) is 4. The summed E-state index contributed by atoms with van der Waals surface area (Å²) in [6, 6.07) is 4.91. The Morgan fingerprint density at radius 2 is 2.04 bits per heavy atom. The molecule has 0 spiro atoms. The summed E-state index contributed by atoms with van der Waals surface area (Å²) in [6.07, 6.45) is 5.66. The van der Waals surface area contributed by atoms with E-state index in [1.54, 1.807) is 18.2 Å². The first-order valence-electron chi connectivity index (χ1n) is 7.82. The van der Waals surface area contributed by atoms with Crippen molar-refractivity contribution in [2.24, 2.45) is 17.8 Å². The van der Waals surface area contributed by atoms with Crippen LogP contribution in [0.3, 0.4) is 0 Å². The van der Waals surface area contributed by atoms with Gasteiger partial charge in [0, 0.05) is 17.7 Å². The number of carbonyl (C=O) groups excluding carboxylic acids is 1. The average Bonchev–Trinajstić information content (AvgIpc) is 3.10. The van der Waals surface area contributed by atoms with Gasteiger partial charge in [0.05, 0.1) is 19.1 Å². The summed E-state index contributed by atoms with van der Waals surface area (Å²) in [6.45, 7) is 0. The fraction of sp³-hybridized carbons (Fsp3) is 0.562. The van der Waals surface area contributed by atoms with Gasteiger partial charge in [-0.15, -0.1) is 0 Å². The minimum absolute atomic E-state index is 0.0584. The lowest BCUT2D eigenvalue weighted by atomic mass is 9.88. The first kappa shape index (κ1) is 16.1. The van der Waals surface area contributed by atoms with Crippen molar-refractivity contribution in [3.8, 4) is 5.75 Å². The number of carbonyl (C=O) groups is 1. The van der Waals surface area contributed by atoms with Crippen LogP contribution in [0.1, 0.15) is 25.7 Å². The highest BCUT2D eigenvalue weighted by Gasteiger charge is 2.43. The molecule has 0 heterocycles. The van der Waals surface area contributed by atoms with Gasteiger partial charge >= 0.3 is 0 Å². The zero-order valence-electron chi connectivity index (χ0n) is 13.3. The van der Waals surface area contributed by atoms with E-state index in [4.69, 9.17) is 4.74 Å². The zero-order chi connectivity index (χ0) is 16.6. The molecule has 1 amide bonds. The second-order valence-corrected chi connectivity index (χ2v) is 8.31. The number of anilines is 2. The lowest BCUT2D eigenvalue weighted by Gasteiger charge is -2.21. The number of rotatable bonds is 5. The molecule has 2 bridgehead atoms. The highest BCUT2D eigenvalue weighted by Crippen LogP contribution is 2.48. The molecule has 0 aliphatic heterocycles. The summed E-state index contributed by atoms with van der Waals surface area (Å²) >= 11 is 0. The van der Waals surface area contributed by atoms with Crippen molar-refractivity contribution in [2.45, 2.75) is 25.7 Å². The van der Waals surface area contributed by atoms with Crippen molar-refractivity contribution in [1.29, 1.82) is 0 Å². The summed E-state index contributed by atoms with van der Waals surface area (Å²) in [7, 11) is -1.92. The lowest BCUT2D eigenvalue weighted by Crippen LogP contribution is -2.27. The minimum Gasteiger partial charge on any atom is -0.494 e. The predicted octanol–water partition coefficient (Wildman–Crippen LogP) is 2.44. The molecule has 1 aromatic carbocycles. The molecule has 0 radical (unpaired) electrons. The topological polar surface area (TPSA) is 84.5 Å². The molecule has 2 fully saturated rings. The maximum Gasteiger partial charge on any atom is 0.229 e. The Morgan fingerprint density at radius 1 is 1.26 bits per heavy atom. The Labute approximate surface area is 136 Å². The van der Waals surface area contributed by atoms with Crippen LogP contribution >= 0.6 is 0 Å². The van der Waals surface area contributed by atoms with E-state index < -0.39 is 10.0 Å². The molecule has 2 N–H and O–H groups in total. The second-order valence-electron chi connectivity index (χ2n) is 6.56. The molecule has 2 saturated carbocycles. The van der Waals surface area contributed by atoms with Gasteiger partial charge in [-0.1, -0.05) is 6.42 Å². The van der Waals surface area contributed by atoms with Crippen LogP contribution in [0.25, 0.3) is 0 Å². The number of methoxy groups -OCH3 is 1. The van der Waals surface area contributed by atoms with Gasteiger partial charge in [0.15, 0.2) is 0 Å². The van der Waals surface area contributed by atoms with Crippen molar-refractivity contribution in [3.05, 3.63) is 18.2 Å². The van der Waals surface area contributed by atoms with Crippen LogP contribution in [0, 0.1) is 17.8 Å². The van der Waals surface area contributed by atoms with Crippen LogP contribution in [0.5, 0.6) is 5.75 Å². The normalized spacial score (nSPS) is 26.1. The van der Waals surface area contributed by atoms with Crippen LogP contribution in [0.4, 0.5) is 11.4 Å². The Kier molecular flexibility index (Phi) is 4.23. The molecular formula is C16H22N2O4S. The standard InChI is InChI=1S/C16H22N2O4S/c1-22-15-9-12(5-6-14(15)18-23(2,20)21)17-16(19)13-8-10-3-4-11(13)7-10/h5-6,9-11,13,18H,3-4,7-8H2,1-2H3,(H,17,19). The molecule has 6 nitrogen and oxygen atoms in total. The number of fused-ring (bicyclic) bond motifs is 2. The molecule has 3 unspecified atom stereocenters. The fourth-order valence-corrected chi connectivity index (χ4v) is 4.42. The highest BCUT2D eigenvalue weighted by molar-refractivity contribution is 7.92. The minimum atomic E-state index is -3.38. The first-order chi connectivity index (χ1) is 10.9. The second kappa shape index (κ2) is 6.03. The summed E-state index contributed by atoms with van der Waals surface area (Å²) in [5.41, 5.74) is 0.974. The zero-order valence-corrected chi connectivity index (χ0v) is 14.2. The Balaban J connectivity index is 1.72. The van der Waals surface area contributed by atoms with E-state index in [1.165, 1.54) is 20.0 Å². The number of benzene rings is 1. The maximum atomic E-state index is 12.5. The number of amides is 1. The van der Waals surface area contributed by atoms with Crippen molar-refractivity contribution in [2.75, 3.05) is 23.4 Å². The van der Waals surface area contributed by atoms with Gasteiger partial charge in [0.25, 0.3) is 0 Å². The number of nitrogens with one attached hydrogen (secondary N) is 2. The molecule has 3 atom stereocenters. The quantitative estimate of drug-likeness (QED) is 0.863. The third-order valence-corrected chi connectivity index (χ3v) is 5.43.